The molecule has 5 heteroatoms. The predicted molar refractivity (Wildman–Crippen MR) is 70.4 cm³/mol. The summed E-state index contributed by atoms with van der Waals surface area (Å²) in [6.45, 7) is 5.02. The molecule has 98 valence electrons. The zero-order valence-electron chi connectivity index (χ0n) is 11.0. The van der Waals surface area contributed by atoms with Crippen LogP contribution in [0.3, 0.4) is 0 Å². The van der Waals surface area contributed by atoms with Gasteiger partial charge in [0.1, 0.15) is 0 Å². The van der Waals surface area contributed by atoms with E-state index in [1.165, 1.54) is 6.92 Å². The highest BCUT2D eigenvalue weighted by atomic mass is 16.5. The molecule has 0 fully saturated rings. The number of carbonyl (C=O) groups is 2. The van der Waals surface area contributed by atoms with E-state index < -0.39 is 5.91 Å². The van der Waals surface area contributed by atoms with Crippen LogP contribution in [-0.2, 0) is 0 Å². The summed E-state index contributed by atoms with van der Waals surface area (Å²) in [5, 5.41) is 6.32. The van der Waals surface area contributed by atoms with Crippen molar-refractivity contribution in [2.24, 2.45) is 0 Å². The van der Waals surface area contributed by atoms with Crippen LogP contribution in [0.15, 0.2) is 28.8 Å². The van der Waals surface area contributed by atoms with Crippen molar-refractivity contribution in [1.29, 1.82) is 0 Å². The summed E-state index contributed by atoms with van der Waals surface area (Å²) in [6.07, 6.45) is 0. The van der Waals surface area contributed by atoms with Gasteiger partial charge in [-0.05, 0) is 32.4 Å². The molecule has 1 aromatic carbocycles. The molecule has 0 unspecified atom stereocenters. The molecule has 19 heavy (non-hydrogen) atoms. The Labute approximate surface area is 110 Å². The van der Waals surface area contributed by atoms with Crippen molar-refractivity contribution in [3.63, 3.8) is 0 Å². The lowest BCUT2D eigenvalue weighted by Gasteiger charge is -2.10. The Morgan fingerprint density at radius 1 is 1.26 bits per heavy atom. The summed E-state index contributed by atoms with van der Waals surface area (Å²) in [6, 6.07) is 6.83. The van der Waals surface area contributed by atoms with Crippen LogP contribution in [0.2, 0.25) is 0 Å². The second kappa shape index (κ2) is 5.06. The fourth-order valence-corrected chi connectivity index (χ4v) is 1.89. The molecule has 0 saturated carbocycles. The van der Waals surface area contributed by atoms with Gasteiger partial charge in [0.2, 0.25) is 5.76 Å². The van der Waals surface area contributed by atoms with E-state index in [-0.39, 0.29) is 11.5 Å². The van der Waals surface area contributed by atoms with E-state index in [0.717, 1.165) is 5.56 Å². The molecule has 0 spiro atoms. The first-order chi connectivity index (χ1) is 8.99. The van der Waals surface area contributed by atoms with Crippen LogP contribution in [0.4, 0.5) is 5.69 Å². The SMILES string of the molecule is CC(=O)c1c(C)cccc1NC(=O)c1cc(C)no1. The van der Waals surface area contributed by atoms with Gasteiger partial charge in [-0.1, -0.05) is 17.3 Å². The highest BCUT2D eigenvalue weighted by Crippen LogP contribution is 2.21. The first kappa shape index (κ1) is 13.0. The maximum atomic E-state index is 12.0. The van der Waals surface area contributed by atoms with E-state index >= 15 is 0 Å². The van der Waals surface area contributed by atoms with Gasteiger partial charge in [-0.3, -0.25) is 9.59 Å². The molecule has 0 saturated heterocycles. The highest BCUT2D eigenvalue weighted by molar-refractivity contribution is 6.08. The van der Waals surface area contributed by atoms with Gasteiger partial charge in [-0.25, -0.2) is 0 Å². The molecule has 1 amide bonds. The first-order valence-electron chi connectivity index (χ1n) is 5.84. The summed E-state index contributed by atoms with van der Waals surface area (Å²) in [4.78, 5) is 23.6. The number of anilines is 1. The number of benzene rings is 1. The average Bonchev–Trinajstić information content (AvgIpc) is 2.75. The van der Waals surface area contributed by atoms with Gasteiger partial charge in [0, 0.05) is 11.6 Å². The molecule has 2 rings (SSSR count). The van der Waals surface area contributed by atoms with E-state index in [9.17, 15) is 9.59 Å². The Bertz CT molecular complexity index is 644. The lowest BCUT2D eigenvalue weighted by atomic mass is 10.0. The van der Waals surface area contributed by atoms with Crippen molar-refractivity contribution in [2.45, 2.75) is 20.8 Å². The average molecular weight is 258 g/mol. The second-order valence-corrected chi connectivity index (χ2v) is 4.34. The number of ketones is 1. The normalized spacial score (nSPS) is 10.3. The Morgan fingerprint density at radius 3 is 2.58 bits per heavy atom. The number of carbonyl (C=O) groups excluding carboxylic acids is 2. The molecule has 0 bridgehead atoms. The van der Waals surface area contributed by atoms with Crippen LogP contribution < -0.4 is 5.32 Å². The van der Waals surface area contributed by atoms with Gasteiger partial charge < -0.3 is 9.84 Å². The summed E-state index contributed by atoms with van der Waals surface area (Å²) in [5.74, 6) is -0.399. The van der Waals surface area contributed by atoms with Gasteiger partial charge in [0.05, 0.1) is 11.4 Å². The van der Waals surface area contributed by atoms with Crippen molar-refractivity contribution < 1.29 is 14.1 Å². The topological polar surface area (TPSA) is 72.2 Å². The lowest BCUT2D eigenvalue weighted by Crippen LogP contribution is -2.14. The van der Waals surface area contributed by atoms with E-state index in [2.05, 4.69) is 10.5 Å². The number of hydrogen-bond acceptors (Lipinski definition) is 4. The summed E-state index contributed by atoms with van der Waals surface area (Å²) in [5.41, 5.74) is 2.43. The Morgan fingerprint density at radius 2 is 2.00 bits per heavy atom. The van der Waals surface area contributed by atoms with E-state index in [1.54, 1.807) is 25.1 Å². The molecule has 0 aliphatic carbocycles. The van der Waals surface area contributed by atoms with Crippen molar-refractivity contribution >= 4 is 17.4 Å². The predicted octanol–water partition coefficient (Wildman–Crippen LogP) is 2.75. The number of aryl methyl sites for hydroxylation is 2. The number of hydrogen-bond donors (Lipinski definition) is 1. The van der Waals surface area contributed by atoms with Gasteiger partial charge in [0.25, 0.3) is 5.91 Å². The van der Waals surface area contributed by atoms with Gasteiger partial charge in [-0.15, -0.1) is 0 Å². The second-order valence-electron chi connectivity index (χ2n) is 4.34. The Hall–Kier alpha value is -2.43. The zero-order valence-corrected chi connectivity index (χ0v) is 11.0. The molecule has 2 aromatic rings. The van der Waals surface area contributed by atoms with Crippen molar-refractivity contribution in [1.82, 2.24) is 5.16 Å². The summed E-state index contributed by atoms with van der Waals surface area (Å²) >= 11 is 0. The quantitative estimate of drug-likeness (QED) is 0.859. The van der Waals surface area contributed by atoms with E-state index in [0.29, 0.717) is 16.9 Å². The molecular weight excluding hydrogens is 244 g/mol. The van der Waals surface area contributed by atoms with Crippen molar-refractivity contribution in [3.8, 4) is 0 Å². The number of Topliss-reactive ketones (excluding diaryl/α,β-unsaturated/α-hetero) is 1. The third kappa shape index (κ3) is 2.70. The van der Waals surface area contributed by atoms with Crippen LogP contribution in [0, 0.1) is 13.8 Å². The fraction of sp³-hybridized carbons (Fsp3) is 0.214. The molecular formula is C14H14N2O3. The number of amides is 1. The minimum absolute atomic E-state index is 0.0952. The largest absolute Gasteiger partial charge is 0.351 e. The monoisotopic (exact) mass is 258 g/mol. The van der Waals surface area contributed by atoms with E-state index in [4.69, 9.17) is 4.52 Å². The van der Waals surface area contributed by atoms with Crippen LogP contribution >= 0.6 is 0 Å². The minimum Gasteiger partial charge on any atom is -0.351 e. The fourth-order valence-electron chi connectivity index (χ4n) is 1.89. The summed E-state index contributed by atoms with van der Waals surface area (Å²) in [7, 11) is 0. The van der Waals surface area contributed by atoms with Crippen LogP contribution in [0.25, 0.3) is 0 Å². The molecule has 0 aliphatic rings. The smallest absolute Gasteiger partial charge is 0.294 e. The Kier molecular flexibility index (Phi) is 3.46. The van der Waals surface area contributed by atoms with Crippen LogP contribution in [0.5, 0.6) is 0 Å². The molecule has 0 aliphatic heterocycles. The third-order valence-corrected chi connectivity index (χ3v) is 2.72. The Balaban J connectivity index is 2.31. The minimum atomic E-state index is -0.422. The van der Waals surface area contributed by atoms with E-state index in [1.807, 2.05) is 13.0 Å². The zero-order chi connectivity index (χ0) is 14.0. The molecule has 1 N–H and O–H groups in total. The third-order valence-electron chi connectivity index (χ3n) is 2.72. The standard InChI is InChI=1S/C14H14N2O3/c1-8-5-4-6-11(13(8)10(3)17)15-14(18)12-7-9(2)16-19-12/h4-7H,1-3H3,(H,15,18). The van der Waals surface area contributed by atoms with Crippen LogP contribution in [0.1, 0.15) is 39.1 Å². The van der Waals surface area contributed by atoms with Crippen LogP contribution in [-0.4, -0.2) is 16.8 Å². The van der Waals surface area contributed by atoms with Crippen molar-refractivity contribution in [2.75, 3.05) is 5.32 Å². The maximum absolute atomic E-state index is 12.0. The number of nitrogens with one attached hydrogen (secondary N) is 1. The number of rotatable bonds is 3. The number of aromatic nitrogens is 1. The van der Waals surface area contributed by atoms with Crippen molar-refractivity contribution in [3.05, 3.63) is 46.8 Å². The summed E-state index contributed by atoms with van der Waals surface area (Å²) < 4.78 is 4.88. The molecule has 5 nitrogen and oxygen atoms in total. The van der Waals surface area contributed by atoms with Gasteiger partial charge >= 0.3 is 0 Å². The molecule has 0 radical (unpaired) electrons. The first-order valence-corrected chi connectivity index (χ1v) is 5.84. The maximum Gasteiger partial charge on any atom is 0.294 e. The lowest BCUT2D eigenvalue weighted by molar-refractivity contribution is 0.0988. The van der Waals surface area contributed by atoms with Gasteiger partial charge in [-0.2, -0.15) is 0 Å². The molecule has 0 atom stereocenters. The highest BCUT2D eigenvalue weighted by Gasteiger charge is 2.16. The molecule has 1 aromatic heterocycles. The molecule has 1 heterocycles. The number of nitrogens with zero attached hydrogens (tertiary/aromatic N) is 1. The van der Waals surface area contributed by atoms with Gasteiger partial charge in [0.15, 0.2) is 5.78 Å².